The van der Waals surface area contributed by atoms with Gasteiger partial charge in [-0.2, -0.15) is 0 Å². The summed E-state index contributed by atoms with van der Waals surface area (Å²) in [6, 6.07) is 9.63. The second-order valence-corrected chi connectivity index (χ2v) is 6.90. The van der Waals surface area contributed by atoms with E-state index in [-0.39, 0.29) is 27.7 Å². The van der Waals surface area contributed by atoms with Crippen LogP contribution in [0.1, 0.15) is 20.7 Å². The molecule has 1 heterocycles. The smallest absolute Gasteiger partial charge is 0.263 e. The number of amides is 2. The van der Waals surface area contributed by atoms with Crippen molar-refractivity contribution in [2.75, 3.05) is 11.9 Å². The van der Waals surface area contributed by atoms with Crippen LogP contribution in [0.4, 0.5) is 10.2 Å². The number of nitrogens with two attached hydrogens (primary N) is 1. The van der Waals surface area contributed by atoms with E-state index in [1.54, 1.807) is 0 Å². The lowest BCUT2D eigenvalue weighted by Gasteiger charge is -2.19. The number of halogens is 3. The number of pyridine rings is 1. The number of primary amides is 1. The number of rotatable bonds is 4. The van der Waals surface area contributed by atoms with Gasteiger partial charge in [-0.1, -0.05) is 29.3 Å². The SMILES string of the molecule is CN(C(=O)c1c(F)cccc1Cl)c1ncc(-c2cc(C(N)=O)ccc2Cl)cc1O. The van der Waals surface area contributed by atoms with Gasteiger partial charge in [0.05, 0.1) is 10.6 Å². The molecule has 0 atom stereocenters. The Kier molecular flexibility index (Phi) is 5.72. The van der Waals surface area contributed by atoms with Crippen molar-refractivity contribution in [2.45, 2.75) is 0 Å². The summed E-state index contributed by atoms with van der Waals surface area (Å²) in [5.74, 6) is -2.67. The molecule has 0 aliphatic rings. The molecular formula is C20H14Cl2FN3O3. The number of aromatic hydroxyl groups is 1. The first-order valence-electron chi connectivity index (χ1n) is 8.21. The number of anilines is 1. The number of carbonyl (C=O) groups is 2. The Hall–Kier alpha value is -3.16. The molecule has 6 nitrogen and oxygen atoms in total. The molecule has 0 saturated carbocycles. The summed E-state index contributed by atoms with van der Waals surface area (Å²) in [7, 11) is 1.33. The minimum absolute atomic E-state index is 0.0620. The van der Waals surface area contributed by atoms with Gasteiger partial charge in [0.1, 0.15) is 5.82 Å². The van der Waals surface area contributed by atoms with Crippen molar-refractivity contribution in [3.05, 3.63) is 75.7 Å². The van der Waals surface area contributed by atoms with E-state index in [4.69, 9.17) is 28.9 Å². The average Bonchev–Trinajstić information content (AvgIpc) is 2.67. The molecule has 0 fully saturated rings. The zero-order valence-corrected chi connectivity index (χ0v) is 16.5. The zero-order valence-electron chi connectivity index (χ0n) is 15.0. The van der Waals surface area contributed by atoms with E-state index in [0.717, 1.165) is 11.0 Å². The van der Waals surface area contributed by atoms with Gasteiger partial charge in [-0.15, -0.1) is 0 Å². The lowest BCUT2D eigenvalue weighted by Crippen LogP contribution is -2.28. The van der Waals surface area contributed by atoms with Gasteiger partial charge in [-0.3, -0.25) is 14.5 Å². The monoisotopic (exact) mass is 433 g/mol. The van der Waals surface area contributed by atoms with Gasteiger partial charge in [-0.05, 0) is 36.4 Å². The van der Waals surface area contributed by atoms with Crippen molar-refractivity contribution in [1.29, 1.82) is 0 Å². The molecule has 29 heavy (non-hydrogen) atoms. The lowest BCUT2D eigenvalue weighted by atomic mass is 10.0. The second kappa shape index (κ2) is 8.06. The summed E-state index contributed by atoms with van der Waals surface area (Å²) in [6.07, 6.45) is 1.35. The minimum Gasteiger partial charge on any atom is -0.504 e. The van der Waals surface area contributed by atoms with Crippen molar-refractivity contribution in [1.82, 2.24) is 4.98 Å². The van der Waals surface area contributed by atoms with Crippen LogP contribution in [0, 0.1) is 5.82 Å². The first-order chi connectivity index (χ1) is 13.7. The summed E-state index contributed by atoms with van der Waals surface area (Å²) in [6.45, 7) is 0. The Bertz CT molecular complexity index is 1120. The quantitative estimate of drug-likeness (QED) is 0.641. The fraction of sp³-hybridized carbons (Fsp3) is 0.0500. The fourth-order valence-electron chi connectivity index (χ4n) is 2.72. The van der Waals surface area contributed by atoms with E-state index in [0.29, 0.717) is 16.1 Å². The van der Waals surface area contributed by atoms with Crippen molar-refractivity contribution < 1.29 is 19.1 Å². The van der Waals surface area contributed by atoms with Crippen LogP contribution in [-0.2, 0) is 0 Å². The van der Waals surface area contributed by atoms with Crippen molar-refractivity contribution >= 4 is 40.8 Å². The topological polar surface area (TPSA) is 96.5 Å². The van der Waals surface area contributed by atoms with Crippen LogP contribution in [0.15, 0.2) is 48.7 Å². The number of hydrogen-bond donors (Lipinski definition) is 2. The van der Waals surface area contributed by atoms with E-state index in [1.807, 2.05) is 0 Å². The molecule has 3 aromatic rings. The van der Waals surface area contributed by atoms with Gasteiger partial charge >= 0.3 is 0 Å². The standard InChI is InChI=1S/C20H14Cl2FN3O3/c1-26(20(29)17-14(22)3-2-4-15(17)23)19-16(27)8-11(9-25-19)12-7-10(18(24)28)5-6-13(12)21/h2-9,27H,1H3,(H2,24,28). The number of aromatic nitrogens is 1. The maximum atomic E-state index is 14.0. The van der Waals surface area contributed by atoms with Crippen LogP contribution in [0.25, 0.3) is 11.1 Å². The highest BCUT2D eigenvalue weighted by Gasteiger charge is 2.23. The van der Waals surface area contributed by atoms with Gasteiger partial charge in [0.2, 0.25) is 5.91 Å². The molecule has 3 rings (SSSR count). The van der Waals surface area contributed by atoms with Gasteiger partial charge < -0.3 is 10.8 Å². The molecule has 0 bridgehead atoms. The Balaban J connectivity index is 1.99. The highest BCUT2D eigenvalue weighted by Crippen LogP contribution is 2.34. The predicted molar refractivity (Wildman–Crippen MR) is 109 cm³/mol. The molecule has 9 heteroatoms. The molecule has 0 spiro atoms. The van der Waals surface area contributed by atoms with Crippen LogP contribution in [-0.4, -0.2) is 29.0 Å². The van der Waals surface area contributed by atoms with Crippen LogP contribution >= 0.6 is 23.2 Å². The van der Waals surface area contributed by atoms with Crippen LogP contribution < -0.4 is 10.6 Å². The third-order valence-corrected chi connectivity index (χ3v) is 4.85. The summed E-state index contributed by atoms with van der Waals surface area (Å²) >= 11 is 12.1. The number of carbonyl (C=O) groups excluding carboxylic acids is 2. The largest absolute Gasteiger partial charge is 0.504 e. The summed E-state index contributed by atoms with van der Waals surface area (Å²) in [5.41, 5.74) is 5.99. The Morgan fingerprint density at radius 3 is 2.48 bits per heavy atom. The van der Waals surface area contributed by atoms with E-state index in [2.05, 4.69) is 4.98 Å². The normalized spacial score (nSPS) is 10.6. The third kappa shape index (κ3) is 4.01. The van der Waals surface area contributed by atoms with Crippen LogP contribution in [0.3, 0.4) is 0 Å². The van der Waals surface area contributed by atoms with Crippen molar-refractivity contribution in [2.24, 2.45) is 5.73 Å². The van der Waals surface area contributed by atoms with E-state index in [1.165, 1.54) is 49.6 Å². The Morgan fingerprint density at radius 2 is 1.86 bits per heavy atom. The fourth-order valence-corrected chi connectivity index (χ4v) is 3.19. The van der Waals surface area contributed by atoms with E-state index in [9.17, 15) is 19.1 Å². The second-order valence-electron chi connectivity index (χ2n) is 6.09. The lowest BCUT2D eigenvalue weighted by molar-refractivity contribution is 0.0983. The summed E-state index contributed by atoms with van der Waals surface area (Å²) in [5, 5.41) is 10.7. The molecule has 0 aliphatic heterocycles. The Labute approximate surface area is 175 Å². The molecule has 2 aromatic carbocycles. The van der Waals surface area contributed by atoms with E-state index >= 15 is 0 Å². The maximum Gasteiger partial charge on any atom is 0.263 e. The zero-order chi connectivity index (χ0) is 21.3. The van der Waals surface area contributed by atoms with Gasteiger partial charge in [0.25, 0.3) is 5.91 Å². The van der Waals surface area contributed by atoms with Crippen LogP contribution in [0.2, 0.25) is 10.0 Å². The predicted octanol–water partition coefficient (Wildman–Crippen LogP) is 4.28. The highest BCUT2D eigenvalue weighted by atomic mass is 35.5. The molecule has 0 radical (unpaired) electrons. The average molecular weight is 434 g/mol. The van der Waals surface area contributed by atoms with Gasteiger partial charge in [0, 0.05) is 35.0 Å². The van der Waals surface area contributed by atoms with Crippen LogP contribution in [0.5, 0.6) is 5.75 Å². The molecular weight excluding hydrogens is 420 g/mol. The minimum atomic E-state index is -0.791. The molecule has 0 unspecified atom stereocenters. The third-order valence-electron chi connectivity index (χ3n) is 4.21. The highest BCUT2D eigenvalue weighted by molar-refractivity contribution is 6.34. The number of benzene rings is 2. The van der Waals surface area contributed by atoms with Crippen molar-refractivity contribution in [3.63, 3.8) is 0 Å². The van der Waals surface area contributed by atoms with Crippen molar-refractivity contribution in [3.8, 4) is 16.9 Å². The molecule has 1 aromatic heterocycles. The molecule has 148 valence electrons. The molecule has 0 saturated heterocycles. The van der Waals surface area contributed by atoms with Gasteiger partial charge in [-0.25, -0.2) is 9.37 Å². The maximum absolute atomic E-state index is 14.0. The number of hydrogen-bond acceptors (Lipinski definition) is 4. The molecule has 0 aliphatic carbocycles. The van der Waals surface area contributed by atoms with Gasteiger partial charge in [0.15, 0.2) is 11.6 Å². The number of nitrogens with zero attached hydrogens (tertiary/aromatic N) is 2. The Morgan fingerprint density at radius 1 is 1.14 bits per heavy atom. The molecule has 3 N–H and O–H groups in total. The summed E-state index contributed by atoms with van der Waals surface area (Å²) < 4.78 is 14.0. The summed E-state index contributed by atoms with van der Waals surface area (Å²) in [4.78, 5) is 29.1. The first-order valence-corrected chi connectivity index (χ1v) is 8.97. The van der Waals surface area contributed by atoms with E-state index < -0.39 is 17.6 Å². The first kappa shape index (κ1) is 20.6. The molecule has 2 amide bonds.